The number of halogens is 1. The van der Waals surface area contributed by atoms with Crippen molar-refractivity contribution < 1.29 is 0 Å². The molecule has 0 amide bonds. The Morgan fingerprint density at radius 3 is 2.89 bits per heavy atom. The first-order valence-electron chi connectivity index (χ1n) is 6.45. The average molecular weight is 310 g/mol. The fourth-order valence-corrected chi connectivity index (χ4v) is 2.80. The van der Waals surface area contributed by atoms with Crippen LogP contribution in [0.1, 0.15) is 31.2 Å². The summed E-state index contributed by atoms with van der Waals surface area (Å²) in [6, 6.07) is 4.19. The lowest BCUT2D eigenvalue weighted by Gasteiger charge is -2.07. The predicted molar refractivity (Wildman–Crippen MR) is 79.7 cm³/mol. The van der Waals surface area contributed by atoms with Gasteiger partial charge in [0.05, 0.1) is 11.0 Å². The highest BCUT2D eigenvalue weighted by molar-refractivity contribution is 9.10. The molecule has 98 valence electrons. The van der Waals surface area contributed by atoms with Crippen molar-refractivity contribution in [3.8, 4) is 0 Å². The highest BCUT2D eigenvalue weighted by Gasteiger charge is 2.08. The number of benzene rings is 1. The Hall–Kier alpha value is -0.870. The summed E-state index contributed by atoms with van der Waals surface area (Å²) in [6.45, 7) is 5.11. The smallest absolute Gasteiger partial charge is 0.107 e. The molecule has 0 bridgehead atoms. The van der Waals surface area contributed by atoms with Crippen molar-refractivity contribution in [3.05, 3.63) is 28.0 Å². The summed E-state index contributed by atoms with van der Waals surface area (Å²) in [7, 11) is 0. The molecule has 0 aliphatic heterocycles. The maximum absolute atomic E-state index is 5.57. The van der Waals surface area contributed by atoms with E-state index in [-0.39, 0.29) is 0 Å². The zero-order valence-electron chi connectivity index (χ0n) is 11.0. The topological polar surface area (TPSA) is 54.7 Å². The summed E-state index contributed by atoms with van der Waals surface area (Å²) in [5.74, 6) is 1.74. The van der Waals surface area contributed by atoms with Gasteiger partial charge >= 0.3 is 0 Å². The molecule has 1 aromatic carbocycles. The van der Waals surface area contributed by atoms with E-state index in [0.717, 1.165) is 47.1 Å². The van der Waals surface area contributed by atoms with Gasteiger partial charge in [-0.05, 0) is 49.9 Å². The summed E-state index contributed by atoms with van der Waals surface area (Å²) in [5, 5.41) is 0. The maximum Gasteiger partial charge on any atom is 0.107 e. The fourth-order valence-electron chi connectivity index (χ4n) is 2.23. The number of hydrogen-bond acceptors (Lipinski definition) is 2. The molecular formula is C14H20BrN3. The molecule has 3 nitrogen and oxygen atoms in total. The monoisotopic (exact) mass is 309 g/mol. The number of imidazole rings is 1. The molecule has 0 radical (unpaired) electrons. The molecule has 2 aromatic rings. The highest BCUT2D eigenvalue weighted by atomic mass is 79.9. The van der Waals surface area contributed by atoms with Crippen molar-refractivity contribution >= 4 is 27.0 Å². The fraction of sp³-hybridized carbons (Fsp3) is 0.500. The van der Waals surface area contributed by atoms with Gasteiger partial charge in [-0.3, -0.25) is 0 Å². The number of nitrogens with one attached hydrogen (secondary N) is 1. The van der Waals surface area contributed by atoms with Crippen LogP contribution in [0.15, 0.2) is 16.6 Å². The molecule has 0 saturated carbocycles. The molecule has 1 unspecified atom stereocenters. The van der Waals surface area contributed by atoms with Crippen molar-refractivity contribution in [2.75, 3.05) is 6.54 Å². The van der Waals surface area contributed by atoms with Crippen LogP contribution in [-0.4, -0.2) is 16.5 Å². The van der Waals surface area contributed by atoms with Crippen LogP contribution in [0.5, 0.6) is 0 Å². The molecule has 1 heterocycles. The largest absolute Gasteiger partial charge is 0.342 e. The molecule has 1 atom stereocenters. The van der Waals surface area contributed by atoms with Crippen molar-refractivity contribution in [2.24, 2.45) is 11.7 Å². The first-order valence-corrected chi connectivity index (χ1v) is 7.24. The quantitative estimate of drug-likeness (QED) is 0.887. The molecule has 0 aliphatic carbocycles. The van der Waals surface area contributed by atoms with E-state index in [4.69, 9.17) is 5.73 Å². The Balaban J connectivity index is 2.13. The van der Waals surface area contributed by atoms with E-state index in [1.54, 1.807) is 0 Å². The molecule has 0 saturated heterocycles. The maximum atomic E-state index is 5.57. The summed E-state index contributed by atoms with van der Waals surface area (Å²) in [5.41, 5.74) is 8.97. The number of fused-ring (bicyclic) bond motifs is 1. The number of nitrogens with two attached hydrogens (primary N) is 1. The van der Waals surface area contributed by atoms with Crippen LogP contribution in [0.3, 0.4) is 0 Å². The highest BCUT2D eigenvalue weighted by Crippen LogP contribution is 2.22. The van der Waals surface area contributed by atoms with Crippen molar-refractivity contribution in [3.63, 3.8) is 0 Å². The third-order valence-corrected chi connectivity index (χ3v) is 3.78. The van der Waals surface area contributed by atoms with Crippen LogP contribution >= 0.6 is 15.9 Å². The lowest BCUT2D eigenvalue weighted by Crippen LogP contribution is -2.06. The third kappa shape index (κ3) is 3.12. The zero-order valence-corrected chi connectivity index (χ0v) is 12.5. The van der Waals surface area contributed by atoms with Gasteiger partial charge in [-0.25, -0.2) is 4.98 Å². The third-order valence-electron chi connectivity index (χ3n) is 3.32. The van der Waals surface area contributed by atoms with E-state index in [0.29, 0.717) is 5.92 Å². The van der Waals surface area contributed by atoms with Gasteiger partial charge in [0.1, 0.15) is 5.82 Å². The summed E-state index contributed by atoms with van der Waals surface area (Å²) in [6.07, 6.45) is 3.22. The lowest BCUT2D eigenvalue weighted by molar-refractivity contribution is 0.495. The number of H-pyrrole nitrogens is 1. The molecule has 0 aliphatic rings. The van der Waals surface area contributed by atoms with E-state index in [2.05, 4.69) is 51.9 Å². The van der Waals surface area contributed by atoms with Gasteiger partial charge in [0.25, 0.3) is 0 Å². The molecular weight excluding hydrogens is 290 g/mol. The van der Waals surface area contributed by atoms with Crippen molar-refractivity contribution in [1.82, 2.24) is 9.97 Å². The number of hydrogen-bond donors (Lipinski definition) is 2. The predicted octanol–water partition coefficient (Wildman–Crippen LogP) is 3.55. The van der Waals surface area contributed by atoms with Crippen LogP contribution in [0, 0.1) is 12.8 Å². The Labute approximate surface area is 116 Å². The normalized spacial score (nSPS) is 13.1. The molecule has 0 fully saturated rings. The molecule has 18 heavy (non-hydrogen) atoms. The van der Waals surface area contributed by atoms with Crippen LogP contribution < -0.4 is 5.73 Å². The second-order valence-electron chi connectivity index (χ2n) is 5.02. The van der Waals surface area contributed by atoms with Crippen LogP contribution in [-0.2, 0) is 6.42 Å². The van der Waals surface area contributed by atoms with Gasteiger partial charge in [-0.1, -0.05) is 22.9 Å². The van der Waals surface area contributed by atoms with E-state index in [9.17, 15) is 0 Å². The molecule has 2 rings (SSSR count). The minimum atomic E-state index is 0.663. The van der Waals surface area contributed by atoms with Crippen molar-refractivity contribution in [2.45, 2.75) is 33.1 Å². The van der Waals surface area contributed by atoms with Gasteiger partial charge in [0.2, 0.25) is 0 Å². The lowest BCUT2D eigenvalue weighted by atomic mass is 10.0. The number of aromatic amines is 1. The summed E-state index contributed by atoms with van der Waals surface area (Å²) < 4.78 is 1.10. The summed E-state index contributed by atoms with van der Waals surface area (Å²) in [4.78, 5) is 8.08. The standard InChI is InChI=1S/C14H20BrN3/c1-9(5-6-16)3-4-13-17-12-8-11(15)7-10(2)14(12)18-13/h7-9H,3-6,16H2,1-2H3,(H,17,18). The number of nitrogens with zero attached hydrogens (tertiary/aromatic N) is 1. The number of rotatable bonds is 5. The summed E-state index contributed by atoms with van der Waals surface area (Å²) >= 11 is 3.51. The zero-order chi connectivity index (χ0) is 13.1. The number of aromatic nitrogens is 2. The number of aryl methyl sites for hydroxylation is 2. The van der Waals surface area contributed by atoms with Gasteiger partial charge in [-0.2, -0.15) is 0 Å². The van der Waals surface area contributed by atoms with E-state index < -0.39 is 0 Å². The van der Waals surface area contributed by atoms with Gasteiger partial charge < -0.3 is 10.7 Å². The first-order chi connectivity index (χ1) is 8.60. The second-order valence-corrected chi connectivity index (χ2v) is 5.94. The van der Waals surface area contributed by atoms with Crippen LogP contribution in [0.25, 0.3) is 11.0 Å². The van der Waals surface area contributed by atoms with Crippen molar-refractivity contribution in [1.29, 1.82) is 0 Å². The SMILES string of the molecule is Cc1cc(Br)cc2[nH]c(CCC(C)CCN)nc12. The van der Waals surface area contributed by atoms with Crippen LogP contribution in [0.4, 0.5) is 0 Å². The van der Waals surface area contributed by atoms with E-state index >= 15 is 0 Å². The van der Waals surface area contributed by atoms with Crippen LogP contribution in [0.2, 0.25) is 0 Å². The Bertz CT molecular complexity index is 533. The van der Waals surface area contributed by atoms with Gasteiger partial charge in [-0.15, -0.1) is 0 Å². The van der Waals surface area contributed by atoms with E-state index in [1.165, 1.54) is 5.56 Å². The molecule has 4 heteroatoms. The van der Waals surface area contributed by atoms with Gasteiger partial charge in [0, 0.05) is 10.9 Å². The molecule has 0 spiro atoms. The second kappa shape index (κ2) is 5.85. The minimum absolute atomic E-state index is 0.663. The molecule has 1 aromatic heterocycles. The Morgan fingerprint density at radius 2 is 2.17 bits per heavy atom. The first kappa shape index (κ1) is 13.6. The van der Waals surface area contributed by atoms with E-state index in [1.807, 2.05) is 0 Å². The molecule has 3 N–H and O–H groups in total. The average Bonchev–Trinajstić information content (AvgIpc) is 2.70. The Morgan fingerprint density at radius 1 is 1.39 bits per heavy atom. The van der Waals surface area contributed by atoms with Gasteiger partial charge in [0.15, 0.2) is 0 Å². The minimum Gasteiger partial charge on any atom is -0.342 e. The Kier molecular flexibility index (Phi) is 4.40.